The molecule has 3 N–H and O–H groups in total. The number of nitrogens with two attached hydrogens (primary N) is 1. The number of nitrogens with one attached hydrogen (secondary N) is 1. The van der Waals surface area contributed by atoms with E-state index in [-0.39, 0.29) is 18.1 Å². The maximum Gasteiger partial charge on any atom is 0.251 e. The Morgan fingerprint density at radius 1 is 1.59 bits per heavy atom. The molecule has 2 atom stereocenters. The van der Waals surface area contributed by atoms with Gasteiger partial charge in [0.1, 0.15) is 0 Å². The SMILES string of the molecule is CCCC(C(=O)NN)N(CC)CC1CCCO1. The van der Waals surface area contributed by atoms with Crippen LogP contribution in [0.25, 0.3) is 0 Å². The van der Waals surface area contributed by atoms with Crippen molar-refractivity contribution in [1.29, 1.82) is 0 Å². The molecular weight excluding hydrogens is 218 g/mol. The first-order valence-electron chi connectivity index (χ1n) is 6.59. The lowest BCUT2D eigenvalue weighted by molar-refractivity contribution is -0.127. The monoisotopic (exact) mass is 243 g/mol. The van der Waals surface area contributed by atoms with Crippen molar-refractivity contribution >= 4 is 5.91 Å². The van der Waals surface area contributed by atoms with Crippen LogP contribution in [0.1, 0.15) is 39.5 Å². The lowest BCUT2D eigenvalue weighted by atomic mass is 10.1. The molecule has 1 saturated heterocycles. The number of likely N-dealkylation sites (N-methyl/N-ethyl adjacent to an activating group) is 1. The van der Waals surface area contributed by atoms with Crippen LogP contribution < -0.4 is 11.3 Å². The summed E-state index contributed by atoms with van der Waals surface area (Å²) in [4.78, 5) is 13.9. The van der Waals surface area contributed by atoms with Crippen molar-refractivity contribution in [3.8, 4) is 0 Å². The molecule has 0 spiro atoms. The molecule has 0 aliphatic carbocycles. The molecule has 0 aromatic carbocycles. The van der Waals surface area contributed by atoms with Crippen molar-refractivity contribution in [1.82, 2.24) is 10.3 Å². The van der Waals surface area contributed by atoms with Gasteiger partial charge in [-0.05, 0) is 25.8 Å². The van der Waals surface area contributed by atoms with E-state index in [0.717, 1.165) is 45.4 Å². The summed E-state index contributed by atoms with van der Waals surface area (Å²) >= 11 is 0. The number of hydrogen-bond donors (Lipinski definition) is 2. The zero-order valence-corrected chi connectivity index (χ0v) is 10.9. The molecule has 0 aromatic heterocycles. The normalized spacial score (nSPS) is 21.8. The molecule has 1 rings (SSSR count). The fraction of sp³-hybridized carbons (Fsp3) is 0.917. The molecule has 1 aliphatic heterocycles. The summed E-state index contributed by atoms with van der Waals surface area (Å²) in [7, 11) is 0. The molecule has 2 unspecified atom stereocenters. The van der Waals surface area contributed by atoms with Gasteiger partial charge in [-0.3, -0.25) is 15.1 Å². The predicted molar refractivity (Wildman–Crippen MR) is 67.2 cm³/mol. The Kier molecular flexibility index (Phi) is 6.47. The van der Waals surface area contributed by atoms with Crippen molar-refractivity contribution in [2.45, 2.75) is 51.7 Å². The van der Waals surface area contributed by atoms with E-state index in [0.29, 0.717) is 0 Å². The minimum absolute atomic E-state index is 0.0910. The van der Waals surface area contributed by atoms with Crippen molar-refractivity contribution in [2.75, 3.05) is 19.7 Å². The first kappa shape index (κ1) is 14.4. The summed E-state index contributed by atoms with van der Waals surface area (Å²) in [6.07, 6.45) is 4.31. The van der Waals surface area contributed by atoms with Crippen LogP contribution in [0.2, 0.25) is 0 Å². The minimum atomic E-state index is -0.126. The van der Waals surface area contributed by atoms with Gasteiger partial charge < -0.3 is 4.74 Å². The number of rotatable bonds is 7. The third kappa shape index (κ3) is 4.26. The highest BCUT2D eigenvalue weighted by Gasteiger charge is 2.27. The average molecular weight is 243 g/mol. The maximum atomic E-state index is 11.8. The Bertz CT molecular complexity index is 230. The second kappa shape index (κ2) is 7.63. The van der Waals surface area contributed by atoms with Gasteiger partial charge in [-0.1, -0.05) is 20.3 Å². The van der Waals surface area contributed by atoms with E-state index in [1.54, 1.807) is 0 Å². The fourth-order valence-corrected chi connectivity index (χ4v) is 2.38. The largest absolute Gasteiger partial charge is 0.377 e. The van der Waals surface area contributed by atoms with Gasteiger partial charge in [-0.25, -0.2) is 5.84 Å². The Hall–Kier alpha value is -0.650. The summed E-state index contributed by atoms with van der Waals surface area (Å²) in [5.41, 5.74) is 2.27. The molecule has 5 nitrogen and oxygen atoms in total. The second-order valence-electron chi connectivity index (χ2n) is 4.54. The number of hydrazine groups is 1. The van der Waals surface area contributed by atoms with Crippen LogP contribution in [-0.2, 0) is 9.53 Å². The average Bonchev–Trinajstić information content (AvgIpc) is 2.85. The number of ether oxygens (including phenoxy) is 1. The van der Waals surface area contributed by atoms with Crippen molar-refractivity contribution in [3.63, 3.8) is 0 Å². The van der Waals surface area contributed by atoms with E-state index in [9.17, 15) is 4.79 Å². The zero-order chi connectivity index (χ0) is 12.7. The summed E-state index contributed by atoms with van der Waals surface area (Å²) in [5.74, 6) is 5.16. The summed E-state index contributed by atoms with van der Waals surface area (Å²) in [6, 6.07) is -0.126. The lowest BCUT2D eigenvalue weighted by Gasteiger charge is -2.30. The van der Waals surface area contributed by atoms with Gasteiger partial charge in [-0.15, -0.1) is 0 Å². The number of carbonyl (C=O) groups is 1. The fourth-order valence-electron chi connectivity index (χ4n) is 2.38. The van der Waals surface area contributed by atoms with E-state index in [1.165, 1.54) is 0 Å². The third-order valence-corrected chi connectivity index (χ3v) is 3.32. The molecule has 0 aromatic rings. The van der Waals surface area contributed by atoms with Crippen LogP contribution in [0.15, 0.2) is 0 Å². The molecule has 100 valence electrons. The highest BCUT2D eigenvalue weighted by atomic mass is 16.5. The molecule has 0 saturated carbocycles. The first-order valence-corrected chi connectivity index (χ1v) is 6.59. The van der Waals surface area contributed by atoms with E-state index in [1.807, 2.05) is 0 Å². The second-order valence-corrected chi connectivity index (χ2v) is 4.54. The zero-order valence-electron chi connectivity index (χ0n) is 10.9. The van der Waals surface area contributed by atoms with Gasteiger partial charge in [0, 0.05) is 13.2 Å². The molecule has 17 heavy (non-hydrogen) atoms. The highest BCUT2D eigenvalue weighted by Crippen LogP contribution is 2.16. The van der Waals surface area contributed by atoms with E-state index < -0.39 is 0 Å². The Balaban J connectivity index is 2.56. The van der Waals surface area contributed by atoms with Gasteiger partial charge >= 0.3 is 0 Å². The highest BCUT2D eigenvalue weighted by molar-refractivity contribution is 5.81. The minimum Gasteiger partial charge on any atom is -0.377 e. The van der Waals surface area contributed by atoms with E-state index in [2.05, 4.69) is 24.2 Å². The van der Waals surface area contributed by atoms with Crippen LogP contribution >= 0.6 is 0 Å². The molecule has 0 bridgehead atoms. The number of carbonyl (C=O) groups excluding carboxylic acids is 1. The van der Waals surface area contributed by atoms with Crippen molar-refractivity contribution in [2.24, 2.45) is 5.84 Å². The third-order valence-electron chi connectivity index (χ3n) is 3.32. The molecular formula is C12H25N3O2. The number of nitrogens with zero attached hydrogens (tertiary/aromatic N) is 1. The van der Waals surface area contributed by atoms with Crippen LogP contribution in [0, 0.1) is 0 Å². The number of amides is 1. The predicted octanol–water partition coefficient (Wildman–Crippen LogP) is 0.646. The molecule has 0 radical (unpaired) electrons. The quantitative estimate of drug-likeness (QED) is 0.391. The maximum absolute atomic E-state index is 11.8. The molecule has 1 heterocycles. The smallest absolute Gasteiger partial charge is 0.251 e. The van der Waals surface area contributed by atoms with Crippen LogP contribution in [0.3, 0.4) is 0 Å². The Morgan fingerprint density at radius 2 is 2.35 bits per heavy atom. The summed E-state index contributed by atoms with van der Waals surface area (Å²) in [6.45, 7) is 6.67. The van der Waals surface area contributed by atoms with Gasteiger partial charge in [0.15, 0.2) is 0 Å². The molecule has 1 fully saturated rings. The van der Waals surface area contributed by atoms with Gasteiger partial charge in [-0.2, -0.15) is 0 Å². The van der Waals surface area contributed by atoms with Gasteiger partial charge in [0.25, 0.3) is 5.91 Å². The number of hydrogen-bond acceptors (Lipinski definition) is 4. The van der Waals surface area contributed by atoms with E-state index in [4.69, 9.17) is 10.6 Å². The van der Waals surface area contributed by atoms with E-state index >= 15 is 0 Å². The van der Waals surface area contributed by atoms with Crippen LogP contribution in [-0.4, -0.2) is 42.6 Å². The molecule has 5 heteroatoms. The summed E-state index contributed by atoms with van der Waals surface area (Å²) < 4.78 is 5.62. The van der Waals surface area contributed by atoms with Crippen LogP contribution in [0.4, 0.5) is 0 Å². The topological polar surface area (TPSA) is 67.6 Å². The Morgan fingerprint density at radius 3 is 2.82 bits per heavy atom. The first-order chi connectivity index (χ1) is 8.22. The standard InChI is InChI=1S/C12H25N3O2/c1-3-6-11(12(16)14-13)15(4-2)9-10-7-5-8-17-10/h10-11H,3-9,13H2,1-2H3,(H,14,16). The summed E-state index contributed by atoms with van der Waals surface area (Å²) in [5, 5.41) is 0. The molecule has 1 aliphatic rings. The van der Waals surface area contributed by atoms with Crippen molar-refractivity contribution in [3.05, 3.63) is 0 Å². The lowest BCUT2D eigenvalue weighted by Crippen LogP contribution is -2.51. The van der Waals surface area contributed by atoms with Gasteiger partial charge in [0.2, 0.25) is 0 Å². The van der Waals surface area contributed by atoms with Crippen molar-refractivity contribution < 1.29 is 9.53 Å². The molecule has 1 amide bonds. The Labute approximate surface area is 104 Å². The van der Waals surface area contributed by atoms with Crippen LogP contribution in [0.5, 0.6) is 0 Å². The van der Waals surface area contributed by atoms with Gasteiger partial charge in [0.05, 0.1) is 12.1 Å².